The highest BCUT2D eigenvalue weighted by molar-refractivity contribution is 6.49. The molecule has 2 aromatic carbocycles. The largest absolute Gasteiger partial charge is 0.489 e. The molecule has 1 saturated heterocycles. The average Bonchev–Trinajstić information content (AvgIpc) is 3.16. The van der Waals surface area contributed by atoms with Crippen LogP contribution in [0, 0.1) is 0 Å². The standard InChI is InChI=1S/C26H29Cl2N3O2/c1-17(2)31-23-9-6-18(12-22(23)26(28)29-31)15-32-20-7-8-21-24(13-20)33-16-19(25(21)27)14-30-10-4-3-5-11-30/h6-9,12-13,17H,3-5,10-11,14-16H2,1-2H3. The van der Waals surface area contributed by atoms with E-state index >= 15 is 0 Å². The second-order valence-corrected chi connectivity index (χ2v) is 9.91. The first-order chi connectivity index (χ1) is 16.0. The first-order valence-electron chi connectivity index (χ1n) is 11.7. The number of hydrogen-bond donors (Lipinski definition) is 0. The van der Waals surface area contributed by atoms with Gasteiger partial charge in [-0.05, 0) is 69.6 Å². The van der Waals surface area contributed by atoms with Gasteiger partial charge in [0.15, 0.2) is 5.15 Å². The van der Waals surface area contributed by atoms with Gasteiger partial charge in [0.1, 0.15) is 24.7 Å². The van der Waals surface area contributed by atoms with Gasteiger partial charge in [0.25, 0.3) is 0 Å². The Morgan fingerprint density at radius 3 is 2.67 bits per heavy atom. The maximum Gasteiger partial charge on any atom is 0.158 e. The molecule has 5 nitrogen and oxygen atoms in total. The highest BCUT2D eigenvalue weighted by Gasteiger charge is 2.22. The second kappa shape index (κ2) is 9.57. The van der Waals surface area contributed by atoms with E-state index in [0.29, 0.717) is 18.4 Å². The number of rotatable bonds is 6. The van der Waals surface area contributed by atoms with Gasteiger partial charge in [-0.2, -0.15) is 5.10 Å². The topological polar surface area (TPSA) is 39.5 Å². The van der Waals surface area contributed by atoms with Crippen molar-refractivity contribution in [2.75, 3.05) is 26.2 Å². The van der Waals surface area contributed by atoms with Crippen LogP contribution >= 0.6 is 23.2 Å². The van der Waals surface area contributed by atoms with Gasteiger partial charge >= 0.3 is 0 Å². The van der Waals surface area contributed by atoms with E-state index in [-0.39, 0.29) is 6.04 Å². The Morgan fingerprint density at radius 1 is 1.06 bits per heavy atom. The van der Waals surface area contributed by atoms with Gasteiger partial charge < -0.3 is 9.47 Å². The van der Waals surface area contributed by atoms with E-state index in [1.54, 1.807) is 0 Å². The maximum atomic E-state index is 6.76. The molecule has 1 aromatic heterocycles. The molecule has 0 amide bonds. The first-order valence-corrected chi connectivity index (χ1v) is 12.4. The third-order valence-corrected chi connectivity index (χ3v) is 7.14. The van der Waals surface area contributed by atoms with Crippen LogP contribution < -0.4 is 9.47 Å². The number of ether oxygens (including phenoxy) is 2. The molecule has 1 fully saturated rings. The molecule has 0 saturated carbocycles. The molecule has 174 valence electrons. The van der Waals surface area contributed by atoms with Crippen molar-refractivity contribution in [1.82, 2.24) is 14.7 Å². The number of halogens is 2. The third kappa shape index (κ3) is 4.72. The van der Waals surface area contributed by atoms with Gasteiger partial charge in [0, 0.05) is 35.2 Å². The van der Waals surface area contributed by atoms with E-state index in [1.165, 1.54) is 19.3 Å². The monoisotopic (exact) mass is 485 g/mol. The first kappa shape index (κ1) is 22.6. The Hall–Kier alpha value is -2.21. The quantitative estimate of drug-likeness (QED) is 0.390. The molecular weight excluding hydrogens is 457 g/mol. The van der Waals surface area contributed by atoms with Gasteiger partial charge in [-0.15, -0.1) is 0 Å². The summed E-state index contributed by atoms with van der Waals surface area (Å²) in [5, 5.41) is 6.73. The van der Waals surface area contributed by atoms with Gasteiger partial charge in [-0.25, -0.2) is 0 Å². The molecule has 0 unspecified atom stereocenters. The smallest absolute Gasteiger partial charge is 0.158 e. The SMILES string of the molecule is CC(C)n1nc(Cl)c2cc(COc3ccc4c(c3)OCC(CN3CCCCC3)=C4Cl)ccc21. The van der Waals surface area contributed by atoms with Crippen molar-refractivity contribution in [3.63, 3.8) is 0 Å². The Bertz CT molecular complexity index is 1200. The Morgan fingerprint density at radius 2 is 1.88 bits per heavy atom. The third-order valence-electron chi connectivity index (χ3n) is 6.39. The molecule has 0 radical (unpaired) electrons. The van der Waals surface area contributed by atoms with Crippen molar-refractivity contribution in [1.29, 1.82) is 0 Å². The minimum atomic E-state index is 0.249. The lowest BCUT2D eigenvalue weighted by molar-refractivity contribution is 0.234. The van der Waals surface area contributed by atoms with Gasteiger partial charge in [0.05, 0.1) is 10.5 Å². The molecule has 0 bridgehead atoms. The molecule has 0 N–H and O–H groups in total. The van der Waals surface area contributed by atoms with E-state index < -0.39 is 0 Å². The lowest BCUT2D eigenvalue weighted by Crippen LogP contribution is -2.33. The summed E-state index contributed by atoms with van der Waals surface area (Å²) in [6.07, 6.45) is 3.86. The lowest BCUT2D eigenvalue weighted by atomic mass is 10.0. The van der Waals surface area contributed by atoms with Crippen LogP contribution in [0.5, 0.6) is 11.5 Å². The summed E-state index contributed by atoms with van der Waals surface area (Å²) in [6.45, 7) is 8.31. The zero-order valence-corrected chi connectivity index (χ0v) is 20.6. The van der Waals surface area contributed by atoms with Crippen LogP contribution in [0.1, 0.15) is 50.3 Å². The fraction of sp³-hybridized carbons (Fsp3) is 0.423. The minimum Gasteiger partial charge on any atom is -0.489 e. The van der Waals surface area contributed by atoms with Crippen molar-refractivity contribution in [2.24, 2.45) is 0 Å². The molecule has 2 aliphatic rings. The van der Waals surface area contributed by atoms with Gasteiger partial charge in [-0.3, -0.25) is 9.58 Å². The molecule has 3 aromatic rings. The van der Waals surface area contributed by atoms with Crippen LogP contribution in [0.2, 0.25) is 5.15 Å². The van der Waals surface area contributed by atoms with Gasteiger partial charge in [-0.1, -0.05) is 35.7 Å². The average molecular weight is 486 g/mol. The molecule has 0 spiro atoms. The van der Waals surface area contributed by atoms with E-state index in [1.807, 2.05) is 28.9 Å². The van der Waals surface area contributed by atoms with Crippen molar-refractivity contribution >= 4 is 39.1 Å². The Balaban J connectivity index is 1.29. The summed E-state index contributed by atoms with van der Waals surface area (Å²) in [6, 6.07) is 12.3. The second-order valence-electron chi connectivity index (χ2n) is 9.17. The molecule has 2 aliphatic heterocycles. The van der Waals surface area contributed by atoms with Crippen molar-refractivity contribution in [3.05, 3.63) is 58.3 Å². The van der Waals surface area contributed by atoms with Gasteiger partial charge in [0.2, 0.25) is 0 Å². The van der Waals surface area contributed by atoms with E-state index in [9.17, 15) is 0 Å². The van der Waals surface area contributed by atoms with Crippen LogP contribution in [0.25, 0.3) is 15.9 Å². The highest BCUT2D eigenvalue weighted by atomic mass is 35.5. The number of fused-ring (bicyclic) bond motifs is 2. The highest BCUT2D eigenvalue weighted by Crippen LogP contribution is 2.38. The van der Waals surface area contributed by atoms with Crippen LogP contribution in [-0.2, 0) is 6.61 Å². The van der Waals surface area contributed by atoms with Crippen molar-refractivity contribution in [3.8, 4) is 11.5 Å². The number of aromatic nitrogens is 2. The predicted molar refractivity (Wildman–Crippen MR) is 134 cm³/mol. The van der Waals surface area contributed by atoms with E-state index in [0.717, 1.165) is 63.8 Å². The maximum absolute atomic E-state index is 6.76. The Kier molecular flexibility index (Phi) is 6.55. The summed E-state index contributed by atoms with van der Waals surface area (Å²) >= 11 is 13.1. The lowest BCUT2D eigenvalue weighted by Gasteiger charge is -2.29. The van der Waals surface area contributed by atoms with Crippen LogP contribution in [-0.4, -0.2) is 40.9 Å². The molecule has 5 rings (SSSR count). The summed E-state index contributed by atoms with van der Waals surface area (Å²) in [7, 11) is 0. The molecular formula is C26H29Cl2N3O2. The van der Waals surface area contributed by atoms with Crippen molar-refractivity contribution < 1.29 is 9.47 Å². The zero-order valence-electron chi connectivity index (χ0n) is 19.1. The summed E-state index contributed by atoms with van der Waals surface area (Å²) in [5.74, 6) is 1.53. The fourth-order valence-electron chi connectivity index (χ4n) is 4.61. The number of likely N-dealkylation sites (tertiary alicyclic amines) is 1. The molecule has 0 atom stereocenters. The zero-order chi connectivity index (χ0) is 22.9. The molecule has 3 heterocycles. The van der Waals surface area contributed by atoms with E-state index in [2.05, 4.69) is 36.0 Å². The van der Waals surface area contributed by atoms with Crippen molar-refractivity contribution in [2.45, 2.75) is 45.8 Å². The number of hydrogen-bond acceptors (Lipinski definition) is 4. The number of benzene rings is 2. The fourth-order valence-corrected chi connectivity index (χ4v) is 5.12. The summed E-state index contributed by atoms with van der Waals surface area (Å²) < 4.78 is 14.1. The van der Waals surface area contributed by atoms with Crippen LogP contribution in [0.15, 0.2) is 42.0 Å². The number of nitrogens with zero attached hydrogens (tertiary/aromatic N) is 3. The molecule has 7 heteroatoms. The normalized spacial score (nSPS) is 16.9. The predicted octanol–water partition coefficient (Wildman–Crippen LogP) is 6.68. The summed E-state index contributed by atoms with van der Waals surface area (Å²) in [5.41, 5.74) is 4.17. The molecule has 0 aliphatic carbocycles. The summed E-state index contributed by atoms with van der Waals surface area (Å²) in [4.78, 5) is 2.47. The van der Waals surface area contributed by atoms with E-state index in [4.69, 9.17) is 32.7 Å². The molecule has 33 heavy (non-hydrogen) atoms. The Labute approximate surface area is 204 Å². The van der Waals surface area contributed by atoms with Crippen LogP contribution in [0.4, 0.5) is 0 Å². The number of piperidine rings is 1. The van der Waals surface area contributed by atoms with Crippen LogP contribution in [0.3, 0.4) is 0 Å². The minimum absolute atomic E-state index is 0.249.